The number of nitrogens with one attached hydrogen (secondary N) is 1. The monoisotopic (exact) mass is 305 g/mol. The van der Waals surface area contributed by atoms with Crippen molar-refractivity contribution >= 4 is 5.69 Å². The summed E-state index contributed by atoms with van der Waals surface area (Å²) in [5.41, 5.74) is 1.10. The third kappa shape index (κ3) is 4.78. The maximum Gasteiger partial charge on any atom is 0.127 e. The van der Waals surface area contributed by atoms with Crippen molar-refractivity contribution in [3.63, 3.8) is 0 Å². The molecule has 0 aliphatic carbocycles. The van der Waals surface area contributed by atoms with Crippen LogP contribution in [0.3, 0.4) is 0 Å². The molecular formula is C20H19NO2. The first kappa shape index (κ1) is 15.0. The van der Waals surface area contributed by atoms with Crippen LogP contribution in [-0.2, 0) is 0 Å². The van der Waals surface area contributed by atoms with Crippen LogP contribution in [0.15, 0.2) is 84.9 Å². The van der Waals surface area contributed by atoms with Gasteiger partial charge in [-0.3, -0.25) is 0 Å². The lowest BCUT2D eigenvalue weighted by Crippen LogP contribution is -2.11. The van der Waals surface area contributed by atoms with Gasteiger partial charge in [-0.05, 0) is 48.5 Å². The van der Waals surface area contributed by atoms with Crippen molar-refractivity contribution in [2.75, 3.05) is 18.5 Å². The number of benzene rings is 3. The maximum atomic E-state index is 5.75. The number of ether oxygens (including phenoxy) is 2. The van der Waals surface area contributed by atoms with Crippen molar-refractivity contribution in [3.8, 4) is 17.2 Å². The Morgan fingerprint density at radius 2 is 1.17 bits per heavy atom. The van der Waals surface area contributed by atoms with Gasteiger partial charge in [0.25, 0.3) is 0 Å². The number of hydrogen-bond donors (Lipinski definition) is 1. The summed E-state index contributed by atoms with van der Waals surface area (Å²) < 4.78 is 11.5. The van der Waals surface area contributed by atoms with E-state index < -0.39 is 0 Å². The van der Waals surface area contributed by atoms with E-state index in [2.05, 4.69) is 5.32 Å². The molecule has 116 valence electrons. The fourth-order valence-corrected chi connectivity index (χ4v) is 2.15. The summed E-state index contributed by atoms with van der Waals surface area (Å²) in [4.78, 5) is 0. The standard InChI is InChI=1S/C20H19NO2/c1-3-7-17(8-4-1)21-15-16-22-18-11-13-20(14-12-18)23-19-9-5-2-6-10-19/h1-14,21H,15-16H2. The fourth-order valence-electron chi connectivity index (χ4n) is 2.15. The molecule has 0 unspecified atom stereocenters. The second-order valence-electron chi connectivity index (χ2n) is 5.03. The second-order valence-corrected chi connectivity index (χ2v) is 5.03. The Morgan fingerprint density at radius 1 is 0.609 bits per heavy atom. The van der Waals surface area contributed by atoms with Crippen molar-refractivity contribution in [3.05, 3.63) is 84.9 Å². The van der Waals surface area contributed by atoms with Gasteiger partial charge in [-0.15, -0.1) is 0 Å². The molecule has 3 heteroatoms. The predicted molar refractivity (Wildman–Crippen MR) is 93.4 cm³/mol. The maximum absolute atomic E-state index is 5.75. The van der Waals surface area contributed by atoms with Crippen LogP contribution >= 0.6 is 0 Å². The van der Waals surface area contributed by atoms with Crippen LogP contribution in [0.2, 0.25) is 0 Å². The summed E-state index contributed by atoms with van der Waals surface area (Å²) in [7, 11) is 0. The first-order valence-corrected chi connectivity index (χ1v) is 7.65. The highest BCUT2D eigenvalue weighted by Gasteiger charge is 1.98. The molecule has 0 aromatic heterocycles. The summed E-state index contributed by atoms with van der Waals surface area (Å²) in [6, 6.07) is 27.5. The van der Waals surface area contributed by atoms with Gasteiger partial charge >= 0.3 is 0 Å². The highest BCUT2D eigenvalue weighted by molar-refractivity contribution is 5.42. The molecule has 23 heavy (non-hydrogen) atoms. The van der Waals surface area contributed by atoms with E-state index in [9.17, 15) is 0 Å². The largest absolute Gasteiger partial charge is 0.492 e. The van der Waals surface area contributed by atoms with Crippen LogP contribution < -0.4 is 14.8 Å². The van der Waals surface area contributed by atoms with Gasteiger partial charge in [-0.1, -0.05) is 36.4 Å². The molecule has 0 aliphatic heterocycles. The highest BCUT2D eigenvalue weighted by atomic mass is 16.5. The van der Waals surface area contributed by atoms with E-state index in [1.807, 2.05) is 84.9 Å². The van der Waals surface area contributed by atoms with Crippen molar-refractivity contribution < 1.29 is 9.47 Å². The Kier molecular flexibility index (Phi) is 5.14. The lowest BCUT2D eigenvalue weighted by molar-refractivity contribution is 0.332. The Hall–Kier alpha value is -2.94. The van der Waals surface area contributed by atoms with Crippen molar-refractivity contribution in [1.29, 1.82) is 0 Å². The molecule has 0 bridgehead atoms. The van der Waals surface area contributed by atoms with E-state index >= 15 is 0 Å². The minimum Gasteiger partial charge on any atom is -0.492 e. The Morgan fingerprint density at radius 3 is 1.87 bits per heavy atom. The van der Waals surface area contributed by atoms with Crippen LogP contribution in [0.4, 0.5) is 5.69 Å². The van der Waals surface area contributed by atoms with Crippen LogP contribution in [0.25, 0.3) is 0 Å². The van der Waals surface area contributed by atoms with E-state index in [1.165, 1.54) is 0 Å². The second kappa shape index (κ2) is 7.90. The SMILES string of the molecule is c1ccc(NCCOc2ccc(Oc3ccccc3)cc2)cc1. The molecule has 1 N–H and O–H groups in total. The summed E-state index contributed by atoms with van der Waals surface area (Å²) in [5.74, 6) is 2.46. The molecule has 0 saturated carbocycles. The summed E-state index contributed by atoms with van der Waals surface area (Å²) >= 11 is 0. The van der Waals surface area contributed by atoms with Gasteiger partial charge in [0.2, 0.25) is 0 Å². The van der Waals surface area contributed by atoms with Crippen molar-refractivity contribution in [2.45, 2.75) is 0 Å². The van der Waals surface area contributed by atoms with E-state index in [-0.39, 0.29) is 0 Å². The third-order valence-electron chi connectivity index (χ3n) is 3.28. The Bertz CT molecular complexity index is 697. The van der Waals surface area contributed by atoms with Crippen molar-refractivity contribution in [2.24, 2.45) is 0 Å². The number of rotatable bonds is 7. The third-order valence-corrected chi connectivity index (χ3v) is 3.28. The van der Waals surface area contributed by atoms with Gasteiger partial charge in [0.1, 0.15) is 23.9 Å². The molecule has 3 aromatic rings. The normalized spacial score (nSPS) is 10.1. The molecule has 0 amide bonds. The average Bonchev–Trinajstić information content (AvgIpc) is 2.62. The zero-order valence-corrected chi connectivity index (χ0v) is 12.8. The van der Waals surface area contributed by atoms with Gasteiger partial charge in [0, 0.05) is 12.2 Å². The molecular weight excluding hydrogens is 286 g/mol. The molecule has 0 atom stereocenters. The van der Waals surface area contributed by atoms with Crippen LogP contribution in [0.5, 0.6) is 17.2 Å². The number of para-hydroxylation sites is 2. The quantitative estimate of drug-likeness (QED) is 0.625. The van der Waals surface area contributed by atoms with Gasteiger partial charge in [0.15, 0.2) is 0 Å². The first-order chi connectivity index (χ1) is 11.4. The molecule has 0 heterocycles. The topological polar surface area (TPSA) is 30.5 Å². The molecule has 3 rings (SSSR count). The van der Waals surface area contributed by atoms with Crippen molar-refractivity contribution in [1.82, 2.24) is 0 Å². The zero-order valence-electron chi connectivity index (χ0n) is 12.8. The van der Waals surface area contributed by atoms with Gasteiger partial charge in [0.05, 0.1) is 0 Å². The molecule has 0 fully saturated rings. The smallest absolute Gasteiger partial charge is 0.127 e. The molecule has 3 nitrogen and oxygen atoms in total. The van der Waals surface area contributed by atoms with Crippen LogP contribution in [-0.4, -0.2) is 13.2 Å². The van der Waals surface area contributed by atoms with E-state index in [4.69, 9.17) is 9.47 Å². The lowest BCUT2D eigenvalue weighted by Gasteiger charge is -2.09. The molecule has 0 saturated heterocycles. The molecule has 0 aliphatic rings. The number of hydrogen-bond acceptors (Lipinski definition) is 3. The average molecular weight is 305 g/mol. The minimum absolute atomic E-state index is 0.605. The first-order valence-electron chi connectivity index (χ1n) is 7.65. The minimum atomic E-state index is 0.605. The Balaban J connectivity index is 1.44. The summed E-state index contributed by atoms with van der Waals surface area (Å²) in [6.07, 6.45) is 0. The molecule has 0 spiro atoms. The lowest BCUT2D eigenvalue weighted by atomic mass is 10.3. The number of anilines is 1. The van der Waals surface area contributed by atoms with Gasteiger partial charge in [-0.25, -0.2) is 0 Å². The fraction of sp³-hybridized carbons (Fsp3) is 0.100. The summed E-state index contributed by atoms with van der Waals surface area (Å²) in [6.45, 7) is 1.36. The van der Waals surface area contributed by atoms with E-state index in [0.717, 1.165) is 29.5 Å². The van der Waals surface area contributed by atoms with Gasteiger partial charge in [-0.2, -0.15) is 0 Å². The summed E-state index contributed by atoms with van der Waals surface area (Å²) in [5, 5.41) is 3.31. The highest BCUT2D eigenvalue weighted by Crippen LogP contribution is 2.23. The zero-order chi connectivity index (χ0) is 15.7. The van der Waals surface area contributed by atoms with Crippen LogP contribution in [0.1, 0.15) is 0 Å². The van der Waals surface area contributed by atoms with Gasteiger partial charge < -0.3 is 14.8 Å². The van der Waals surface area contributed by atoms with Crippen LogP contribution in [0, 0.1) is 0 Å². The molecule has 3 aromatic carbocycles. The molecule has 0 radical (unpaired) electrons. The Labute approximate surface area is 136 Å². The van der Waals surface area contributed by atoms with E-state index in [0.29, 0.717) is 6.61 Å². The predicted octanol–water partition coefficient (Wildman–Crippen LogP) is 4.97. The van der Waals surface area contributed by atoms with E-state index in [1.54, 1.807) is 0 Å².